The quantitative estimate of drug-likeness (QED) is 0.759. The molecule has 5 nitrogen and oxygen atoms in total. The van der Waals surface area contributed by atoms with Gasteiger partial charge in [0.05, 0.1) is 11.3 Å². The van der Waals surface area contributed by atoms with Crippen LogP contribution in [0.1, 0.15) is 30.7 Å². The lowest BCUT2D eigenvalue weighted by Gasteiger charge is -2.25. The third kappa shape index (κ3) is 3.49. The van der Waals surface area contributed by atoms with Gasteiger partial charge in [-0.3, -0.25) is 14.8 Å². The molecule has 3 aromatic rings. The Labute approximate surface area is 153 Å². The molecule has 1 saturated heterocycles. The van der Waals surface area contributed by atoms with Crippen molar-refractivity contribution >= 4 is 5.65 Å². The maximum absolute atomic E-state index is 13.6. The van der Waals surface area contributed by atoms with Crippen molar-refractivity contribution in [2.75, 3.05) is 13.1 Å². The van der Waals surface area contributed by atoms with Gasteiger partial charge in [-0.05, 0) is 31.5 Å². The molecule has 3 heterocycles. The monoisotopic (exact) mass is 376 g/mol. The summed E-state index contributed by atoms with van der Waals surface area (Å²) in [6.07, 6.45) is -1.29. The fourth-order valence-electron chi connectivity index (χ4n) is 3.60. The van der Waals surface area contributed by atoms with E-state index in [0.29, 0.717) is 17.8 Å². The van der Waals surface area contributed by atoms with Gasteiger partial charge in [0.15, 0.2) is 5.65 Å². The number of benzene rings is 1. The molecule has 0 atom stereocenters. The summed E-state index contributed by atoms with van der Waals surface area (Å²) in [5, 5.41) is 2.20. The molecule has 0 amide bonds. The molecule has 0 radical (unpaired) electrons. The van der Waals surface area contributed by atoms with Crippen molar-refractivity contribution in [3.63, 3.8) is 0 Å². The Morgan fingerprint density at radius 2 is 1.78 bits per heavy atom. The molecule has 0 saturated carbocycles. The molecule has 1 aliphatic heterocycles. The molecule has 0 bridgehead atoms. The minimum Gasteiger partial charge on any atom is -0.298 e. The zero-order valence-electron chi connectivity index (χ0n) is 14.6. The van der Waals surface area contributed by atoms with Crippen molar-refractivity contribution in [2.24, 2.45) is 0 Å². The number of hydrogen-bond donors (Lipinski definition) is 1. The van der Waals surface area contributed by atoms with Gasteiger partial charge < -0.3 is 0 Å². The standard InChI is InChI=1S/C19H19F3N4O/c20-19(21,22)17-16(13-7-3-1-4-8-13)18-23-14(11-15(27)26(18)24-17)12-25-9-5-2-6-10-25/h1,3-4,7-8,11,24H,2,5-6,9-10,12H2. The number of alkyl halides is 3. The van der Waals surface area contributed by atoms with Crippen LogP contribution in [0.5, 0.6) is 0 Å². The molecule has 0 spiro atoms. The third-order valence-corrected chi connectivity index (χ3v) is 4.85. The molecule has 142 valence electrons. The lowest BCUT2D eigenvalue weighted by Crippen LogP contribution is -2.30. The molecule has 1 aliphatic rings. The Bertz CT molecular complexity index is 1000. The largest absolute Gasteiger partial charge is 0.433 e. The number of nitrogens with one attached hydrogen (secondary N) is 1. The number of likely N-dealkylation sites (tertiary alicyclic amines) is 1. The van der Waals surface area contributed by atoms with Gasteiger partial charge in [0.25, 0.3) is 5.56 Å². The summed E-state index contributed by atoms with van der Waals surface area (Å²) >= 11 is 0. The Morgan fingerprint density at radius 1 is 1.07 bits per heavy atom. The van der Waals surface area contributed by atoms with Gasteiger partial charge in [-0.2, -0.15) is 13.2 Å². The number of halogens is 3. The first-order valence-corrected chi connectivity index (χ1v) is 8.93. The van der Waals surface area contributed by atoms with Crippen molar-refractivity contribution < 1.29 is 13.2 Å². The van der Waals surface area contributed by atoms with E-state index in [1.54, 1.807) is 30.3 Å². The van der Waals surface area contributed by atoms with Gasteiger partial charge >= 0.3 is 6.18 Å². The summed E-state index contributed by atoms with van der Waals surface area (Å²) < 4.78 is 41.7. The maximum Gasteiger partial charge on any atom is 0.433 e. The van der Waals surface area contributed by atoms with Crippen LogP contribution in [0, 0.1) is 0 Å². The van der Waals surface area contributed by atoms with Gasteiger partial charge in [0, 0.05) is 12.6 Å². The van der Waals surface area contributed by atoms with Gasteiger partial charge in [-0.15, -0.1) is 0 Å². The number of H-pyrrole nitrogens is 1. The highest BCUT2D eigenvalue weighted by atomic mass is 19.4. The summed E-state index contributed by atoms with van der Waals surface area (Å²) in [6, 6.07) is 9.53. The van der Waals surface area contributed by atoms with E-state index in [2.05, 4.69) is 15.0 Å². The lowest BCUT2D eigenvalue weighted by molar-refractivity contribution is -0.140. The molecule has 0 aliphatic carbocycles. The second kappa shape index (κ2) is 6.84. The third-order valence-electron chi connectivity index (χ3n) is 4.85. The molecule has 2 aromatic heterocycles. The number of aromatic amines is 1. The van der Waals surface area contributed by atoms with Crippen LogP contribution in [-0.4, -0.2) is 32.6 Å². The van der Waals surface area contributed by atoms with Crippen molar-refractivity contribution in [1.29, 1.82) is 0 Å². The highest BCUT2D eigenvalue weighted by molar-refractivity contribution is 5.80. The second-order valence-electron chi connectivity index (χ2n) is 6.81. The molecular formula is C19H19F3N4O. The highest BCUT2D eigenvalue weighted by Gasteiger charge is 2.38. The minimum absolute atomic E-state index is 0.00744. The van der Waals surface area contributed by atoms with Crippen LogP contribution in [0.15, 0.2) is 41.2 Å². The SMILES string of the molecule is O=c1cc(CN2CCCCC2)nc2c(-c3ccccc3)c(C(F)(F)F)[nH]n12. The molecule has 1 N–H and O–H groups in total. The smallest absolute Gasteiger partial charge is 0.298 e. The zero-order chi connectivity index (χ0) is 19.0. The van der Waals surface area contributed by atoms with Crippen LogP contribution in [0.25, 0.3) is 16.8 Å². The molecule has 1 aromatic carbocycles. The van der Waals surface area contributed by atoms with Gasteiger partial charge in [-0.25, -0.2) is 9.50 Å². The van der Waals surface area contributed by atoms with Gasteiger partial charge in [-0.1, -0.05) is 36.8 Å². The molecule has 0 unspecified atom stereocenters. The molecule has 8 heteroatoms. The number of nitrogens with zero attached hydrogens (tertiary/aromatic N) is 3. The molecule has 27 heavy (non-hydrogen) atoms. The predicted molar refractivity (Wildman–Crippen MR) is 95.4 cm³/mol. The van der Waals surface area contributed by atoms with E-state index in [1.165, 1.54) is 12.5 Å². The predicted octanol–water partition coefficient (Wildman–Crippen LogP) is 3.69. The molecule has 4 rings (SSSR count). The number of rotatable bonds is 3. The van der Waals surface area contributed by atoms with Crippen LogP contribution in [-0.2, 0) is 12.7 Å². The van der Waals surface area contributed by atoms with E-state index in [9.17, 15) is 18.0 Å². The summed E-state index contributed by atoms with van der Waals surface area (Å²) in [5.41, 5.74) is -0.737. The lowest BCUT2D eigenvalue weighted by atomic mass is 10.1. The number of fused-ring (bicyclic) bond motifs is 1. The highest BCUT2D eigenvalue weighted by Crippen LogP contribution is 2.37. The fraction of sp³-hybridized carbons (Fsp3) is 0.368. The normalized spacial score (nSPS) is 16.1. The van der Waals surface area contributed by atoms with Crippen LogP contribution in [0.2, 0.25) is 0 Å². The summed E-state index contributed by atoms with van der Waals surface area (Å²) in [5.74, 6) is 0. The van der Waals surface area contributed by atoms with E-state index in [-0.39, 0.29) is 11.2 Å². The van der Waals surface area contributed by atoms with E-state index in [1.807, 2.05) is 0 Å². The first-order valence-electron chi connectivity index (χ1n) is 8.93. The average molecular weight is 376 g/mol. The maximum atomic E-state index is 13.6. The Kier molecular flexibility index (Phi) is 4.51. The van der Waals surface area contributed by atoms with Crippen molar-refractivity contribution in [3.8, 4) is 11.1 Å². The Morgan fingerprint density at radius 3 is 2.44 bits per heavy atom. The van der Waals surface area contributed by atoms with Crippen LogP contribution in [0.4, 0.5) is 13.2 Å². The minimum atomic E-state index is -4.63. The Hall–Kier alpha value is -2.61. The fourth-order valence-corrected chi connectivity index (χ4v) is 3.60. The van der Waals surface area contributed by atoms with Crippen molar-refractivity contribution in [2.45, 2.75) is 32.0 Å². The number of piperidine rings is 1. The van der Waals surface area contributed by atoms with E-state index >= 15 is 0 Å². The van der Waals surface area contributed by atoms with Crippen LogP contribution >= 0.6 is 0 Å². The molecule has 1 fully saturated rings. The van der Waals surface area contributed by atoms with Crippen LogP contribution < -0.4 is 5.56 Å². The number of hydrogen-bond acceptors (Lipinski definition) is 3. The summed E-state index contributed by atoms with van der Waals surface area (Å²) in [4.78, 5) is 19.1. The first kappa shape index (κ1) is 17.8. The Balaban J connectivity index is 1.88. The zero-order valence-corrected chi connectivity index (χ0v) is 14.6. The number of aromatic nitrogens is 3. The summed E-state index contributed by atoms with van der Waals surface area (Å²) in [7, 11) is 0. The van der Waals surface area contributed by atoms with E-state index in [0.717, 1.165) is 30.4 Å². The van der Waals surface area contributed by atoms with Crippen LogP contribution in [0.3, 0.4) is 0 Å². The first-order chi connectivity index (χ1) is 12.9. The topological polar surface area (TPSA) is 53.4 Å². The van der Waals surface area contributed by atoms with Gasteiger partial charge in [0.2, 0.25) is 0 Å². The van der Waals surface area contributed by atoms with Gasteiger partial charge in [0.1, 0.15) is 5.69 Å². The van der Waals surface area contributed by atoms with E-state index in [4.69, 9.17) is 0 Å². The summed E-state index contributed by atoms with van der Waals surface area (Å²) in [6.45, 7) is 2.29. The molecular weight excluding hydrogens is 357 g/mol. The van der Waals surface area contributed by atoms with Crippen molar-refractivity contribution in [1.82, 2.24) is 19.5 Å². The van der Waals surface area contributed by atoms with Crippen molar-refractivity contribution in [3.05, 3.63) is 58.1 Å². The average Bonchev–Trinajstić information content (AvgIpc) is 3.04. The van der Waals surface area contributed by atoms with E-state index < -0.39 is 17.4 Å². The second-order valence-corrected chi connectivity index (χ2v) is 6.81.